The maximum absolute atomic E-state index is 12.7. The molecular formula is C15H15ClN4O3S. The summed E-state index contributed by atoms with van der Waals surface area (Å²) in [6.45, 7) is 3.27. The fourth-order valence-corrected chi connectivity index (χ4v) is 3.32. The Morgan fingerprint density at radius 1 is 1.42 bits per heavy atom. The molecule has 9 heteroatoms. The first-order valence-corrected chi connectivity index (χ1v) is 8.04. The average Bonchev–Trinajstić information content (AvgIpc) is 2.84. The first-order valence-electron chi connectivity index (χ1n) is 7.26. The van der Waals surface area contributed by atoms with Gasteiger partial charge in [0.25, 0.3) is 0 Å². The van der Waals surface area contributed by atoms with Gasteiger partial charge in [-0.1, -0.05) is 17.7 Å². The van der Waals surface area contributed by atoms with Crippen LogP contribution in [0.25, 0.3) is 0 Å². The Balaban J connectivity index is 1.90. The van der Waals surface area contributed by atoms with Crippen molar-refractivity contribution in [1.82, 2.24) is 15.3 Å². The Hall–Kier alpha value is -2.03. The SMILES string of the molecule is CC1(C)C(=O)NC(=S)N2C(=O)CC(C(=O)Nc3cccc(Cl)c3)N21. The summed E-state index contributed by atoms with van der Waals surface area (Å²) >= 11 is 11.0. The lowest BCUT2D eigenvalue weighted by Gasteiger charge is -2.45. The molecule has 2 aliphatic rings. The summed E-state index contributed by atoms with van der Waals surface area (Å²) in [5.74, 6) is -1.10. The largest absolute Gasteiger partial charge is 0.325 e. The lowest BCUT2D eigenvalue weighted by Crippen LogP contribution is -2.71. The zero-order chi connectivity index (χ0) is 17.6. The van der Waals surface area contributed by atoms with Gasteiger partial charge in [0.1, 0.15) is 11.6 Å². The van der Waals surface area contributed by atoms with Crippen LogP contribution >= 0.6 is 23.8 Å². The van der Waals surface area contributed by atoms with Gasteiger partial charge in [0.05, 0.1) is 6.42 Å². The maximum Gasteiger partial charge on any atom is 0.248 e. The highest BCUT2D eigenvalue weighted by Crippen LogP contribution is 2.33. The molecule has 0 aliphatic carbocycles. The monoisotopic (exact) mass is 366 g/mol. The van der Waals surface area contributed by atoms with Gasteiger partial charge in [-0.25, -0.2) is 5.01 Å². The number of hydrazine groups is 1. The fourth-order valence-electron chi connectivity index (χ4n) is 2.85. The Labute approximate surface area is 148 Å². The molecule has 126 valence electrons. The number of carbonyl (C=O) groups is 3. The Morgan fingerprint density at radius 2 is 2.12 bits per heavy atom. The van der Waals surface area contributed by atoms with Crippen LogP contribution in [0.15, 0.2) is 24.3 Å². The van der Waals surface area contributed by atoms with Gasteiger partial charge in [0.2, 0.25) is 17.7 Å². The van der Waals surface area contributed by atoms with Crippen molar-refractivity contribution in [3.05, 3.63) is 29.3 Å². The third-order valence-corrected chi connectivity index (χ3v) is 4.56. The molecule has 3 amide bonds. The molecule has 0 aromatic heterocycles. The minimum Gasteiger partial charge on any atom is -0.325 e. The number of thiocarbonyl (C=S) groups is 1. The van der Waals surface area contributed by atoms with Gasteiger partial charge in [0, 0.05) is 10.7 Å². The number of hydrogen-bond acceptors (Lipinski definition) is 5. The zero-order valence-corrected chi connectivity index (χ0v) is 14.6. The number of benzene rings is 1. The van der Waals surface area contributed by atoms with E-state index in [4.69, 9.17) is 23.8 Å². The second-order valence-corrected chi connectivity index (χ2v) is 6.91. The van der Waals surface area contributed by atoms with Gasteiger partial charge in [-0.15, -0.1) is 0 Å². The molecule has 2 saturated heterocycles. The van der Waals surface area contributed by atoms with E-state index in [1.54, 1.807) is 38.1 Å². The van der Waals surface area contributed by atoms with Gasteiger partial charge in [-0.3, -0.25) is 19.7 Å². The molecule has 1 aromatic rings. The summed E-state index contributed by atoms with van der Waals surface area (Å²) in [5, 5.41) is 8.33. The fraction of sp³-hybridized carbons (Fsp3) is 0.333. The predicted molar refractivity (Wildman–Crippen MR) is 92.0 cm³/mol. The van der Waals surface area contributed by atoms with Crippen molar-refractivity contribution in [1.29, 1.82) is 0 Å². The van der Waals surface area contributed by atoms with Crippen LogP contribution in [0.4, 0.5) is 5.69 Å². The summed E-state index contributed by atoms with van der Waals surface area (Å²) in [7, 11) is 0. The Morgan fingerprint density at radius 3 is 2.79 bits per heavy atom. The lowest BCUT2D eigenvalue weighted by molar-refractivity contribution is -0.154. The average molecular weight is 367 g/mol. The van der Waals surface area contributed by atoms with E-state index >= 15 is 0 Å². The van der Waals surface area contributed by atoms with Crippen LogP contribution < -0.4 is 10.6 Å². The molecule has 0 saturated carbocycles. The number of amides is 3. The second kappa shape index (κ2) is 5.80. The highest BCUT2D eigenvalue weighted by molar-refractivity contribution is 7.80. The molecular weight excluding hydrogens is 352 g/mol. The van der Waals surface area contributed by atoms with E-state index in [2.05, 4.69) is 10.6 Å². The van der Waals surface area contributed by atoms with Crippen LogP contribution in [0, 0.1) is 0 Å². The van der Waals surface area contributed by atoms with Gasteiger partial charge in [-0.2, -0.15) is 5.01 Å². The molecule has 1 aromatic carbocycles. The summed E-state index contributed by atoms with van der Waals surface area (Å²) in [6.07, 6.45) is -0.0646. The summed E-state index contributed by atoms with van der Waals surface area (Å²) < 4.78 is 0. The van der Waals surface area contributed by atoms with Crippen molar-refractivity contribution in [2.24, 2.45) is 0 Å². The minimum absolute atomic E-state index is 0.0117. The number of carbonyl (C=O) groups excluding carboxylic acids is 3. The summed E-state index contributed by atoms with van der Waals surface area (Å²) in [6, 6.07) is 5.85. The van der Waals surface area contributed by atoms with Gasteiger partial charge in [0.15, 0.2) is 5.11 Å². The number of nitrogens with zero attached hydrogens (tertiary/aromatic N) is 2. The van der Waals surface area contributed by atoms with Crippen LogP contribution in [0.3, 0.4) is 0 Å². The van der Waals surface area contributed by atoms with E-state index in [9.17, 15) is 14.4 Å². The van der Waals surface area contributed by atoms with Crippen molar-refractivity contribution in [3.8, 4) is 0 Å². The normalized spacial score (nSPS) is 23.0. The Kier molecular flexibility index (Phi) is 4.06. The van der Waals surface area contributed by atoms with Crippen molar-refractivity contribution < 1.29 is 14.4 Å². The van der Waals surface area contributed by atoms with Crippen molar-refractivity contribution in [3.63, 3.8) is 0 Å². The van der Waals surface area contributed by atoms with E-state index in [0.29, 0.717) is 10.7 Å². The summed E-state index contributed by atoms with van der Waals surface area (Å²) in [4.78, 5) is 37.2. The molecule has 3 rings (SSSR count). The number of fused-ring (bicyclic) bond motifs is 1. The van der Waals surface area contributed by atoms with E-state index in [1.165, 1.54) is 10.0 Å². The van der Waals surface area contributed by atoms with Crippen molar-refractivity contribution in [2.45, 2.75) is 31.8 Å². The molecule has 2 N–H and O–H groups in total. The Bertz CT molecular complexity index is 767. The molecule has 7 nitrogen and oxygen atoms in total. The van der Waals surface area contributed by atoms with Gasteiger partial charge >= 0.3 is 0 Å². The number of halogens is 1. The second-order valence-electron chi connectivity index (χ2n) is 6.09. The number of rotatable bonds is 2. The quantitative estimate of drug-likeness (QED) is 0.771. The topological polar surface area (TPSA) is 81.8 Å². The van der Waals surface area contributed by atoms with Crippen LogP contribution in [0.2, 0.25) is 5.02 Å². The molecule has 2 fully saturated rings. The molecule has 24 heavy (non-hydrogen) atoms. The van der Waals surface area contributed by atoms with Crippen molar-refractivity contribution >= 4 is 52.3 Å². The number of hydrogen-bond donors (Lipinski definition) is 2. The predicted octanol–water partition coefficient (Wildman–Crippen LogP) is 1.29. The first kappa shape index (κ1) is 16.8. The van der Waals surface area contributed by atoms with Crippen LogP contribution in [0.1, 0.15) is 20.3 Å². The van der Waals surface area contributed by atoms with Crippen LogP contribution in [-0.2, 0) is 14.4 Å². The van der Waals surface area contributed by atoms with E-state index in [-0.39, 0.29) is 23.3 Å². The molecule has 0 radical (unpaired) electrons. The first-order chi connectivity index (χ1) is 11.2. The molecule has 2 heterocycles. The van der Waals surface area contributed by atoms with E-state index in [1.807, 2.05) is 0 Å². The summed E-state index contributed by atoms with van der Waals surface area (Å²) in [5.41, 5.74) is -0.578. The third-order valence-electron chi connectivity index (χ3n) is 4.05. The molecule has 0 bridgehead atoms. The smallest absolute Gasteiger partial charge is 0.248 e. The number of nitrogens with one attached hydrogen (secondary N) is 2. The lowest BCUT2D eigenvalue weighted by atomic mass is 10.00. The highest BCUT2D eigenvalue weighted by Gasteiger charge is 2.56. The number of anilines is 1. The minimum atomic E-state index is -1.09. The maximum atomic E-state index is 12.7. The zero-order valence-electron chi connectivity index (χ0n) is 13.0. The van der Waals surface area contributed by atoms with Gasteiger partial charge < -0.3 is 5.32 Å². The molecule has 2 aliphatic heterocycles. The van der Waals surface area contributed by atoms with E-state index in [0.717, 1.165) is 0 Å². The third kappa shape index (κ3) is 2.66. The van der Waals surface area contributed by atoms with Crippen LogP contribution in [0.5, 0.6) is 0 Å². The molecule has 1 unspecified atom stereocenters. The molecule has 0 spiro atoms. The van der Waals surface area contributed by atoms with Crippen molar-refractivity contribution in [2.75, 3.05) is 5.32 Å². The standard InChI is InChI=1S/C15H15ClN4O3S/c1-15(2)13(23)18-14(24)19-11(21)7-10(20(15)19)12(22)17-9-5-3-4-8(16)6-9/h3-6,10H,7H2,1-2H3,(H,17,22)(H,18,23,24). The van der Waals surface area contributed by atoms with E-state index < -0.39 is 17.5 Å². The highest BCUT2D eigenvalue weighted by atomic mass is 35.5. The van der Waals surface area contributed by atoms with Gasteiger partial charge in [-0.05, 0) is 44.3 Å². The molecule has 1 atom stereocenters. The van der Waals surface area contributed by atoms with Crippen LogP contribution in [-0.4, -0.2) is 44.4 Å².